The van der Waals surface area contributed by atoms with Crippen molar-refractivity contribution in [2.24, 2.45) is 0 Å². The summed E-state index contributed by atoms with van der Waals surface area (Å²) < 4.78 is 17.0. The molecule has 0 amide bonds. The number of hydrogen-bond donors (Lipinski definition) is 0. The topological polar surface area (TPSA) is 78.9 Å². The van der Waals surface area contributed by atoms with Crippen molar-refractivity contribution in [1.29, 1.82) is 0 Å². The number of hydrogen-bond acceptors (Lipinski definition) is 6. The summed E-state index contributed by atoms with van der Waals surface area (Å²) in [6.07, 6.45) is 88.1. The van der Waals surface area contributed by atoms with Gasteiger partial charge in [-0.15, -0.1) is 0 Å². The molecule has 6 heteroatoms. The summed E-state index contributed by atoms with van der Waals surface area (Å²) >= 11 is 0. The zero-order valence-corrected chi connectivity index (χ0v) is 55.8. The molecule has 0 aromatic heterocycles. The first-order valence-corrected chi connectivity index (χ1v) is 37.3. The van der Waals surface area contributed by atoms with Crippen LogP contribution in [0, 0.1) is 0 Å². The van der Waals surface area contributed by atoms with Gasteiger partial charge in [0.2, 0.25) is 0 Å². The van der Waals surface area contributed by atoms with Crippen LogP contribution >= 0.6 is 0 Å². The molecular weight excluding hydrogens is 1010 g/mol. The van der Waals surface area contributed by atoms with Crippen molar-refractivity contribution in [3.63, 3.8) is 0 Å². The Balaban J connectivity index is 4.04. The molecule has 0 saturated carbocycles. The Hall–Kier alpha value is -2.11. The van der Waals surface area contributed by atoms with E-state index in [2.05, 4.69) is 45.1 Å². The Labute approximate surface area is 513 Å². The van der Waals surface area contributed by atoms with E-state index in [1.165, 1.54) is 321 Å². The highest BCUT2D eigenvalue weighted by Crippen LogP contribution is 2.19. The van der Waals surface area contributed by atoms with E-state index in [4.69, 9.17) is 14.2 Å². The number of allylic oxidation sites excluding steroid dienone is 4. The maximum Gasteiger partial charge on any atom is 0.306 e. The summed E-state index contributed by atoms with van der Waals surface area (Å²) in [5, 5.41) is 0. The van der Waals surface area contributed by atoms with Crippen LogP contribution in [0.1, 0.15) is 425 Å². The minimum absolute atomic E-state index is 0.0628. The van der Waals surface area contributed by atoms with Crippen molar-refractivity contribution in [2.75, 3.05) is 13.2 Å². The number of rotatable bonds is 70. The molecule has 6 nitrogen and oxygen atoms in total. The van der Waals surface area contributed by atoms with E-state index in [0.717, 1.165) is 64.2 Å². The molecule has 0 aromatic rings. The van der Waals surface area contributed by atoms with Gasteiger partial charge in [0.15, 0.2) is 6.10 Å². The second-order valence-corrected chi connectivity index (χ2v) is 25.6. The quantitative estimate of drug-likeness (QED) is 0.0261. The maximum atomic E-state index is 12.9. The molecule has 0 aliphatic rings. The van der Waals surface area contributed by atoms with Crippen LogP contribution in [0.5, 0.6) is 0 Å². The molecule has 0 rings (SSSR count). The van der Waals surface area contributed by atoms with Crippen LogP contribution in [0.25, 0.3) is 0 Å². The van der Waals surface area contributed by atoms with Gasteiger partial charge in [0, 0.05) is 19.3 Å². The molecule has 0 N–H and O–H groups in total. The lowest BCUT2D eigenvalue weighted by molar-refractivity contribution is -0.167. The van der Waals surface area contributed by atoms with Gasteiger partial charge in [-0.1, -0.05) is 379 Å². The molecular formula is C76H144O6. The molecule has 0 aromatic carbocycles. The van der Waals surface area contributed by atoms with Gasteiger partial charge in [-0.25, -0.2) is 0 Å². The van der Waals surface area contributed by atoms with Crippen molar-refractivity contribution >= 4 is 17.9 Å². The highest BCUT2D eigenvalue weighted by atomic mass is 16.6. The molecule has 0 spiro atoms. The van der Waals surface area contributed by atoms with E-state index < -0.39 is 6.10 Å². The van der Waals surface area contributed by atoms with Crippen LogP contribution in [0.15, 0.2) is 24.3 Å². The third kappa shape index (κ3) is 68.7. The zero-order valence-electron chi connectivity index (χ0n) is 55.8. The van der Waals surface area contributed by atoms with Gasteiger partial charge in [-0.3, -0.25) is 14.4 Å². The second-order valence-electron chi connectivity index (χ2n) is 25.6. The van der Waals surface area contributed by atoms with Gasteiger partial charge in [-0.05, 0) is 51.4 Å². The SMILES string of the molecule is CCCCCCC/C=C\C/C=C\CCCCCCCCCCCCCCCCCCCCCCCC(=O)OCC(COC(=O)CCCCCCCCCCCC)OC(=O)CCCCCCCCCCCCCCCCCCCCCCC. The molecule has 0 radical (unpaired) electrons. The van der Waals surface area contributed by atoms with Crippen LogP contribution in [-0.4, -0.2) is 37.2 Å². The Morgan fingerprint density at radius 3 is 0.671 bits per heavy atom. The normalized spacial score (nSPS) is 12.1. The summed E-state index contributed by atoms with van der Waals surface area (Å²) in [5.41, 5.74) is 0. The van der Waals surface area contributed by atoms with Crippen LogP contribution in [0.3, 0.4) is 0 Å². The Morgan fingerprint density at radius 2 is 0.439 bits per heavy atom. The molecule has 82 heavy (non-hydrogen) atoms. The standard InChI is InChI=1S/C76H144O6/c1-4-7-10-13-16-19-22-24-26-28-30-32-33-34-35-36-37-38-39-40-41-42-43-45-46-48-50-52-54-57-60-63-66-69-75(78)81-72-73(71-80-74(77)68-65-62-59-56-21-18-15-12-9-6-3)82-76(79)70-67-64-61-58-55-53-51-49-47-44-31-29-27-25-23-20-17-14-11-8-5-2/h22,24,28,30,73H,4-21,23,25-27,29,31-72H2,1-3H3/b24-22-,30-28-. The van der Waals surface area contributed by atoms with E-state index in [1.54, 1.807) is 0 Å². The molecule has 484 valence electrons. The lowest BCUT2D eigenvalue weighted by atomic mass is 10.0. The van der Waals surface area contributed by atoms with Crippen LogP contribution in [-0.2, 0) is 28.6 Å². The molecule has 0 aliphatic carbocycles. The lowest BCUT2D eigenvalue weighted by Gasteiger charge is -2.18. The summed E-state index contributed by atoms with van der Waals surface area (Å²) in [6.45, 7) is 6.70. The molecule has 0 heterocycles. The predicted molar refractivity (Wildman–Crippen MR) is 358 cm³/mol. The average molecular weight is 1150 g/mol. The summed E-state index contributed by atoms with van der Waals surface area (Å²) in [7, 11) is 0. The first-order chi connectivity index (χ1) is 40.5. The molecule has 1 unspecified atom stereocenters. The van der Waals surface area contributed by atoms with E-state index >= 15 is 0 Å². The Kier molecular flexibility index (Phi) is 69.5. The highest BCUT2D eigenvalue weighted by Gasteiger charge is 2.20. The minimum Gasteiger partial charge on any atom is -0.462 e. The number of unbranched alkanes of at least 4 members (excludes halogenated alkanes) is 55. The summed E-state index contributed by atoms with van der Waals surface area (Å²) in [5.74, 6) is -0.829. The number of carbonyl (C=O) groups excluding carboxylic acids is 3. The lowest BCUT2D eigenvalue weighted by Crippen LogP contribution is -2.30. The first kappa shape index (κ1) is 79.9. The molecule has 0 saturated heterocycles. The van der Waals surface area contributed by atoms with Crippen molar-refractivity contribution in [3.05, 3.63) is 24.3 Å². The number of ether oxygens (including phenoxy) is 3. The van der Waals surface area contributed by atoms with Crippen LogP contribution < -0.4 is 0 Å². The fourth-order valence-corrected chi connectivity index (χ4v) is 11.6. The van der Waals surface area contributed by atoms with Gasteiger partial charge in [0.25, 0.3) is 0 Å². The zero-order chi connectivity index (χ0) is 59.2. The smallest absolute Gasteiger partial charge is 0.306 e. The highest BCUT2D eigenvalue weighted by molar-refractivity contribution is 5.71. The summed E-state index contributed by atoms with van der Waals surface area (Å²) in [6, 6.07) is 0. The van der Waals surface area contributed by atoms with Crippen LogP contribution in [0.2, 0.25) is 0 Å². The van der Waals surface area contributed by atoms with E-state index in [0.29, 0.717) is 19.3 Å². The van der Waals surface area contributed by atoms with Crippen molar-refractivity contribution in [2.45, 2.75) is 431 Å². The van der Waals surface area contributed by atoms with Gasteiger partial charge in [-0.2, -0.15) is 0 Å². The Morgan fingerprint density at radius 1 is 0.244 bits per heavy atom. The van der Waals surface area contributed by atoms with Gasteiger partial charge in [0.05, 0.1) is 0 Å². The average Bonchev–Trinajstić information content (AvgIpc) is 3.48. The molecule has 1 atom stereocenters. The minimum atomic E-state index is -0.765. The van der Waals surface area contributed by atoms with Crippen molar-refractivity contribution < 1.29 is 28.6 Å². The Bertz CT molecular complexity index is 1320. The largest absolute Gasteiger partial charge is 0.462 e. The van der Waals surface area contributed by atoms with E-state index in [-0.39, 0.29) is 31.1 Å². The second kappa shape index (κ2) is 71.4. The predicted octanol–water partition coefficient (Wildman–Crippen LogP) is 25.7. The fraction of sp³-hybridized carbons (Fsp3) is 0.908. The molecule has 0 aliphatic heterocycles. The van der Waals surface area contributed by atoms with Crippen molar-refractivity contribution in [1.82, 2.24) is 0 Å². The third-order valence-corrected chi connectivity index (χ3v) is 17.2. The maximum absolute atomic E-state index is 12.9. The fourth-order valence-electron chi connectivity index (χ4n) is 11.6. The van der Waals surface area contributed by atoms with Gasteiger partial charge < -0.3 is 14.2 Å². The van der Waals surface area contributed by atoms with E-state index in [9.17, 15) is 14.4 Å². The monoisotopic (exact) mass is 1150 g/mol. The number of esters is 3. The summed E-state index contributed by atoms with van der Waals surface area (Å²) in [4.78, 5) is 38.4. The van der Waals surface area contributed by atoms with Crippen molar-refractivity contribution in [3.8, 4) is 0 Å². The first-order valence-electron chi connectivity index (χ1n) is 37.3. The van der Waals surface area contributed by atoms with Crippen LogP contribution in [0.4, 0.5) is 0 Å². The third-order valence-electron chi connectivity index (χ3n) is 17.2. The molecule has 0 fully saturated rings. The molecule has 0 bridgehead atoms. The van der Waals surface area contributed by atoms with E-state index in [1.807, 2.05) is 0 Å². The van der Waals surface area contributed by atoms with Gasteiger partial charge >= 0.3 is 17.9 Å². The number of carbonyl (C=O) groups is 3. The van der Waals surface area contributed by atoms with Gasteiger partial charge in [0.1, 0.15) is 13.2 Å².